The van der Waals surface area contributed by atoms with Crippen molar-refractivity contribution in [2.75, 3.05) is 49.4 Å². The molecule has 1 spiro atoms. The van der Waals surface area contributed by atoms with Gasteiger partial charge in [0.05, 0.1) is 25.7 Å². The number of thioether (sulfide) groups is 4. The second-order valence-corrected chi connectivity index (χ2v) is 14.3. The Balaban J connectivity index is 2.20. The summed E-state index contributed by atoms with van der Waals surface area (Å²) in [6, 6.07) is 0. The molecule has 2 heterocycles. The fraction of sp³-hybridized carbons (Fsp3) is 0.704. The summed E-state index contributed by atoms with van der Waals surface area (Å²) in [6.07, 6.45) is 0.983. The maximum absolute atomic E-state index is 12.5. The fourth-order valence-corrected chi connectivity index (χ4v) is 6.65. The molecule has 2 aliphatic heterocycles. The summed E-state index contributed by atoms with van der Waals surface area (Å²) in [6.45, 7) is -1.75. The van der Waals surface area contributed by atoms with Gasteiger partial charge in [0.2, 0.25) is 0 Å². The van der Waals surface area contributed by atoms with Crippen LogP contribution in [0.1, 0.15) is 64.2 Å². The first-order chi connectivity index (χ1) is 20.6. The van der Waals surface area contributed by atoms with Crippen LogP contribution in [0, 0.1) is 5.41 Å². The topological polar surface area (TPSA) is 173 Å². The average Bonchev–Trinajstić information content (AvgIpc) is 2.95. The summed E-state index contributed by atoms with van der Waals surface area (Å²) >= 11 is 3.84. The van der Waals surface area contributed by atoms with Crippen LogP contribution in [0.5, 0.6) is 0 Å². The first kappa shape index (κ1) is 37.1. The van der Waals surface area contributed by atoms with E-state index in [9.17, 15) is 38.4 Å². The molecule has 0 unspecified atom stereocenters. The van der Waals surface area contributed by atoms with E-state index in [4.69, 9.17) is 18.9 Å². The van der Waals surface area contributed by atoms with Crippen LogP contribution in [0.4, 0.5) is 0 Å². The molecule has 0 amide bonds. The third-order valence-corrected chi connectivity index (χ3v) is 9.70. The Bertz CT molecular complexity index is 872. The SMILES string of the molecule is O=C1CCSC(=O)CCCC(=O)SCCC(=O)OCC2(CO1)COC(=O)CCSC(=O)CCCC(=O)SCCC(=O)OC2. The van der Waals surface area contributed by atoms with Gasteiger partial charge in [-0.2, -0.15) is 0 Å². The Morgan fingerprint density at radius 2 is 0.605 bits per heavy atom. The van der Waals surface area contributed by atoms with Crippen molar-refractivity contribution in [3.63, 3.8) is 0 Å². The minimum atomic E-state index is -1.47. The van der Waals surface area contributed by atoms with Crippen LogP contribution in [-0.2, 0) is 57.3 Å². The van der Waals surface area contributed by atoms with Crippen molar-refractivity contribution in [1.29, 1.82) is 0 Å². The first-order valence-corrected chi connectivity index (χ1v) is 17.8. The molecule has 0 bridgehead atoms. The molecular weight excluding hydrogens is 645 g/mol. The van der Waals surface area contributed by atoms with Gasteiger partial charge in [0.1, 0.15) is 31.8 Å². The highest BCUT2D eigenvalue weighted by Gasteiger charge is 2.38. The summed E-state index contributed by atoms with van der Waals surface area (Å²) in [5, 5.41) is -0.633. The molecule has 0 aromatic heterocycles. The van der Waals surface area contributed by atoms with Crippen LogP contribution >= 0.6 is 47.0 Å². The quantitative estimate of drug-likeness (QED) is 0.269. The second-order valence-electron chi connectivity index (χ2n) is 9.73. The Morgan fingerprint density at radius 3 is 0.837 bits per heavy atom. The molecule has 2 saturated heterocycles. The number of hydrogen-bond donors (Lipinski definition) is 0. The van der Waals surface area contributed by atoms with Crippen molar-refractivity contribution in [3.8, 4) is 0 Å². The van der Waals surface area contributed by atoms with E-state index in [0.29, 0.717) is 12.8 Å². The minimum Gasteiger partial charge on any atom is -0.465 e. The van der Waals surface area contributed by atoms with E-state index in [0.717, 1.165) is 47.0 Å². The van der Waals surface area contributed by atoms with Crippen molar-refractivity contribution >= 4 is 91.4 Å². The van der Waals surface area contributed by atoms with E-state index in [1.807, 2.05) is 0 Å². The van der Waals surface area contributed by atoms with E-state index in [1.54, 1.807) is 0 Å². The Labute approximate surface area is 266 Å². The number of ether oxygens (including phenoxy) is 4. The molecule has 0 aromatic rings. The van der Waals surface area contributed by atoms with Gasteiger partial charge < -0.3 is 18.9 Å². The maximum atomic E-state index is 12.5. The van der Waals surface area contributed by atoms with Crippen LogP contribution in [0.15, 0.2) is 0 Å². The molecule has 0 N–H and O–H groups in total. The molecule has 0 radical (unpaired) electrons. The third-order valence-electron chi connectivity index (χ3n) is 5.96. The maximum Gasteiger partial charge on any atom is 0.306 e. The van der Waals surface area contributed by atoms with E-state index in [2.05, 4.69) is 0 Å². The molecule has 0 aromatic carbocycles. The van der Waals surface area contributed by atoms with Gasteiger partial charge in [-0.15, -0.1) is 0 Å². The normalized spacial score (nSPS) is 23.1. The molecule has 0 atom stereocenters. The summed E-state index contributed by atoms with van der Waals surface area (Å²) in [5.74, 6) is -2.06. The van der Waals surface area contributed by atoms with Crippen molar-refractivity contribution in [2.45, 2.75) is 64.2 Å². The molecule has 2 rings (SSSR count). The lowest BCUT2D eigenvalue weighted by molar-refractivity contribution is -0.170. The van der Waals surface area contributed by atoms with Gasteiger partial charge >= 0.3 is 23.9 Å². The molecule has 16 heteroatoms. The molecular formula is C27H36O12S4. The first-order valence-electron chi connectivity index (χ1n) is 13.8. The second kappa shape index (κ2) is 20.8. The van der Waals surface area contributed by atoms with Gasteiger partial charge in [-0.3, -0.25) is 38.4 Å². The molecule has 240 valence electrons. The van der Waals surface area contributed by atoms with Crippen LogP contribution in [0.3, 0.4) is 0 Å². The van der Waals surface area contributed by atoms with Crippen molar-refractivity contribution in [1.82, 2.24) is 0 Å². The molecule has 43 heavy (non-hydrogen) atoms. The van der Waals surface area contributed by atoms with E-state index >= 15 is 0 Å². The Morgan fingerprint density at radius 1 is 0.372 bits per heavy atom. The largest absolute Gasteiger partial charge is 0.465 e. The van der Waals surface area contributed by atoms with E-state index in [1.165, 1.54) is 0 Å². The summed E-state index contributed by atoms with van der Waals surface area (Å²) in [7, 11) is 0. The zero-order valence-corrected chi connectivity index (χ0v) is 27.0. The number of rotatable bonds is 0. The van der Waals surface area contributed by atoms with Crippen molar-refractivity contribution in [2.24, 2.45) is 5.41 Å². The Kier molecular flexibility index (Phi) is 18.0. The zero-order valence-electron chi connectivity index (χ0n) is 23.8. The van der Waals surface area contributed by atoms with Gasteiger partial charge in [0.15, 0.2) is 20.5 Å². The lowest BCUT2D eigenvalue weighted by Gasteiger charge is -2.31. The van der Waals surface area contributed by atoms with Crippen LogP contribution in [-0.4, -0.2) is 93.8 Å². The lowest BCUT2D eigenvalue weighted by atomic mass is 9.92. The third kappa shape index (κ3) is 17.1. The van der Waals surface area contributed by atoms with Gasteiger partial charge in [0, 0.05) is 48.7 Å². The molecule has 2 aliphatic rings. The van der Waals surface area contributed by atoms with Gasteiger partial charge in [0.25, 0.3) is 0 Å². The van der Waals surface area contributed by atoms with Gasteiger partial charge in [-0.05, 0) is 12.8 Å². The summed E-state index contributed by atoms with van der Waals surface area (Å²) in [5.41, 5.74) is -1.47. The highest BCUT2D eigenvalue weighted by Crippen LogP contribution is 2.24. The van der Waals surface area contributed by atoms with E-state index in [-0.39, 0.29) is 94.8 Å². The predicted octanol–water partition coefficient (Wildman–Crippen LogP) is 3.11. The van der Waals surface area contributed by atoms with Gasteiger partial charge in [-0.1, -0.05) is 47.0 Å². The molecule has 2 fully saturated rings. The fourth-order valence-electron chi connectivity index (χ4n) is 3.51. The highest BCUT2D eigenvalue weighted by atomic mass is 32.2. The van der Waals surface area contributed by atoms with Crippen molar-refractivity contribution < 1.29 is 57.3 Å². The smallest absolute Gasteiger partial charge is 0.306 e. The number of carbonyl (C=O) groups is 8. The minimum absolute atomic E-state index is 0.114. The standard InChI is InChI=1S/C27H36O12S4/c28-19-7-11-40-23(32)3-1-4-24(33)41-12-8-20(29)37-16-27(15-36-19)17-38-21(30)9-13-42-25(34)5-2-6-26(35)43-14-10-22(31)39-18-27/h1-18H2. The zero-order chi connectivity index (χ0) is 31.5. The van der Waals surface area contributed by atoms with E-state index < -0.39 is 55.7 Å². The monoisotopic (exact) mass is 680 g/mol. The molecule has 0 saturated carbocycles. The average molecular weight is 681 g/mol. The lowest BCUT2D eigenvalue weighted by Crippen LogP contribution is -2.44. The number of cyclic esters (lactones) is 4. The summed E-state index contributed by atoms with van der Waals surface area (Å²) in [4.78, 5) is 98.3. The van der Waals surface area contributed by atoms with Gasteiger partial charge in [-0.25, -0.2) is 0 Å². The molecule has 0 aliphatic carbocycles. The summed E-state index contributed by atoms with van der Waals surface area (Å²) < 4.78 is 21.7. The van der Waals surface area contributed by atoms with Crippen molar-refractivity contribution in [3.05, 3.63) is 0 Å². The van der Waals surface area contributed by atoms with Crippen LogP contribution < -0.4 is 0 Å². The predicted molar refractivity (Wildman–Crippen MR) is 162 cm³/mol. The number of hydrogen-bond acceptors (Lipinski definition) is 16. The Hall–Kier alpha value is -2.04. The highest BCUT2D eigenvalue weighted by molar-refractivity contribution is 8.14. The van der Waals surface area contributed by atoms with Crippen LogP contribution in [0.2, 0.25) is 0 Å². The van der Waals surface area contributed by atoms with Crippen LogP contribution in [0.25, 0.3) is 0 Å². The number of carbonyl (C=O) groups excluding carboxylic acids is 8. The molecule has 12 nitrogen and oxygen atoms in total. The number of esters is 4.